The molecule has 0 aliphatic carbocycles. The molecule has 4 aromatic rings. The van der Waals surface area contributed by atoms with E-state index in [2.05, 4.69) is 15.5 Å². The van der Waals surface area contributed by atoms with Gasteiger partial charge in [-0.05, 0) is 41.6 Å². The van der Waals surface area contributed by atoms with E-state index in [9.17, 15) is 4.79 Å². The smallest absolute Gasteiger partial charge is 0.322 e. The van der Waals surface area contributed by atoms with Crippen molar-refractivity contribution in [2.75, 3.05) is 11.6 Å². The summed E-state index contributed by atoms with van der Waals surface area (Å²) in [5, 5.41) is 10.7. The summed E-state index contributed by atoms with van der Waals surface area (Å²) in [7, 11) is 0. The molecule has 1 heterocycles. The van der Waals surface area contributed by atoms with E-state index < -0.39 is 0 Å². The SMILES string of the molecule is CSc1ccccc1-c1nnc(NC(=O)c2ccc(-c3ccccc3)cc2)o1. The summed E-state index contributed by atoms with van der Waals surface area (Å²) < 4.78 is 5.63. The number of hydrogen-bond acceptors (Lipinski definition) is 5. The number of hydrogen-bond donors (Lipinski definition) is 1. The third-order valence-electron chi connectivity index (χ3n) is 4.24. The maximum atomic E-state index is 12.5. The Morgan fingerprint density at radius 2 is 1.54 bits per heavy atom. The molecular formula is C22H17N3O2S. The molecule has 138 valence electrons. The van der Waals surface area contributed by atoms with Crippen molar-refractivity contribution in [1.82, 2.24) is 10.2 Å². The number of rotatable bonds is 5. The number of nitrogens with one attached hydrogen (secondary N) is 1. The number of amides is 1. The van der Waals surface area contributed by atoms with Crippen molar-refractivity contribution in [3.63, 3.8) is 0 Å². The molecule has 6 heteroatoms. The first kappa shape index (κ1) is 18.0. The normalized spacial score (nSPS) is 10.6. The molecule has 0 saturated carbocycles. The number of thioether (sulfide) groups is 1. The molecule has 0 spiro atoms. The predicted molar refractivity (Wildman–Crippen MR) is 111 cm³/mol. The quantitative estimate of drug-likeness (QED) is 0.466. The Morgan fingerprint density at radius 1 is 0.857 bits per heavy atom. The zero-order valence-corrected chi connectivity index (χ0v) is 15.9. The van der Waals surface area contributed by atoms with Gasteiger partial charge in [0, 0.05) is 10.5 Å². The highest BCUT2D eigenvalue weighted by Gasteiger charge is 2.15. The molecule has 1 amide bonds. The minimum Gasteiger partial charge on any atom is -0.403 e. The van der Waals surface area contributed by atoms with Gasteiger partial charge in [-0.1, -0.05) is 59.7 Å². The Labute approximate surface area is 166 Å². The van der Waals surface area contributed by atoms with Gasteiger partial charge in [0.1, 0.15) is 0 Å². The van der Waals surface area contributed by atoms with Crippen molar-refractivity contribution in [2.24, 2.45) is 0 Å². The van der Waals surface area contributed by atoms with Gasteiger partial charge in [-0.15, -0.1) is 16.9 Å². The molecule has 0 fully saturated rings. The lowest BCUT2D eigenvalue weighted by atomic mass is 10.0. The van der Waals surface area contributed by atoms with Gasteiger partial charge in [-0.3, -0.25) is 10.1 Å². The molecule has 5 nitrogen and oxygen atoms in total. The highest BCUT2D eigenvalue weighted by molar-refractivity contribution is 7.98. The molecule has 1 N–H and O–H groups in total. The molecule has 0 saturated heterocycles. The second kappa shape index (κ2) is 8.10. The lowest BCUT2D eigenvalue weighted by Gasteiger charge is -2.04. The molecule has 0 unspecified atom stereocenters. The second-order valence-corrected chi connectivity index (χ2v) is 6.86. The Morgan fingerprint density at radius 3 is 2.29 bits per heavy atom. The molecule has 0 radical (unpaired) electrons. The van der Waals surface area contributed by atoms with Crippen molar-refractivity contribution < 1.29 is 9.21 Å². The number of carbonyl (C=O) groups is 1. The first-order valence-corrected chi connectivity index (χ1v) is 9.91. The maximum Gasteiger partial charge on any atom is 0.322 e. The van der Waals surface area contributed by atoms with Crippen molar-refractivity contribution in [2.45, 2.75) is 4.90 Å². The number of anilines is 1. The van der Waals surface area contributed by atoms with Gasteiger partial charge in [0.25, 0.3) is 11.8 Å². The van der Waals surface area contributed by atoms with Crippen LogP contribution in [-0.2, 0) is 0 Å². The number of nitrogens with zero attached hydrogens (tertiary/aromatic N) is 2. The van der Waals surface area contributed by atoms with E-state index in [1.165, 1.54) is 0 Å². The van der Waals surface area contributed by atoms with E-state index in [4.69, 9.17) is 4.42 Å². The van der Waals surface area contributed by atoms with E-state index in [-0.39, 0.29) is 11.9 Å². The van der Waals surface area contributed by atoms with Crippen molar-refractivity contribution >= 4 is 23.7 Å². The van der Waals surface area contributed by atoms with Gasteiger partial charge in [0.05, 0.1) is 5.56 Å². The average molecular weight is 387 g/mol. The maximum absolute atomic E-state index is 12.5. The predicted octanol–water partition coefficient (Wildman–Crippen LogP) is 5.38. The van der Waals surface area contributed by atoms with Crippen LogP contribution >= 0.6 is 11.8 Å². The first-order valence-electron chi connectivity index (χ1n) is 8.68. The summed E-state index contributed by atoms with van der Waals surface area (Å²) in [5.74, 6) is 0.0765. The van der Waals surface area contributed by atoms with Crippen LogP contribution in [0.4, 0.5) is 6.01 Å². The lowest BCUT2D eigenvalue weighted by molar-refractivity contribution is 0.102. The van der Waals surface area contributed by atoms with Crippen molar-refractivity contribution in [3.8, 4) is 22.6 Å². The van der Waals surface area contributed by atoms with Crippen molar-refractivity contribution in [1.29, 1.82) is 0 Å². The van der Waals surface area contributed by atoms with Gasteiger partial charge in [-0.2, -0.15) is 0 Å². The highest BCUT2D eigenvalue weighted by Crippen LogP contribution is 2.29. The zero-order valence-electron chi connectivity index (χ0n) is 15.1. The molecule has 3 aromatic carbocycles. The summed E-state index contributed by atoms with van der Waals surface area (Å²) in [6, 6.07) is 25.2. The van der Waals surface area contributed by atoms with Gasteiger partial charge < -0.3 is 4.42 Å². The lowest BCUT2D eigenvalue weighted by Crippen LogP contribution is -2.11. The fraction of sp³-hybridized carbons (Fsp3) is 0.0455. The zero-order chi connectivity index (χ0) is 19.3. The summed E-state index contributed by atoms with van der Waals surface area (Å²) in [6.07, 6.45) is 1.98. The molecule has 28 heavy (non-hydrogen) atoms. The minimum atomic E-state index is -0.298. The number of aromatic nitrogens is 2. The molecular weight excluding hydrogens is 370 g/mol. The highest BCUT2D eigenvalue weighted by atomic mass is 32.2. The summed E-state index contributed by atoms with van der Waals surface area (Å²) in [4.78, 5) is 13.5. The average Bonchev–Trinajstić information content (AvgIpc) is 3.22. The summed E-state index contributed by atoms with van der Waals surface area (Å²) >= 11 is 1.59. The summed E-state index contributed by atoms with van der Waals surface area (Å²) in [6.45, 7) is 0. The first-order chi connectivity index (χ1) is 13.7. The third kappa shape index (κ3) is 3.82. The molecule has 0 aliphatic rings. The number of benzene rings is 3. The monoisotopic (exact) mass is 387 g/mol. The molecule has 1 aromatic heterocycles. The molecule has 0 aliphatic heterocycles. The van der Waals surface area contributed by atoms with Crippen molar-refractivity contribution in [3.05, 3.63) is 84.4 Å². The van der Waals surface area contributed by atoms with E-state index >= 15 is 0 Å². The Bertz CT molecular complexity index is 1090. The molecule has 0 bridgehead atoms. The van der Waals surface area contributed by atoms with Crippen LogP contribution in [0.1, 0.15) is 10.4 Å². The van der Waals surface area contributed by atoms with Gasteiger partial charge in [0.15, 0.2) is 0 Å². The van der Waals surface area contributed by atoms with Crippen LogP contribution in [0, 0.1) is 0 Å². The largest absolute Gasteiger partial charge is 0.403 e. The van der Waals surface area contributed by atoms with Gasteiger partial charge >= 0.3 is 6.01 Å². The third-order valence-corrected chi connectivity index (χ3v) is 5.03. The van der Waals surface area contributed by atoms with Crippen LogP contribution in [0.15, 0.2) is 88.2 Å². The van der Waals surface area contributed by atoms with E-state index in [0.717, 1.165) is 21.6 Å². The molecule has 4 rings (SSSR count). The van der Waals surface area contributed by atoms with Crippen LogP contribution < -0.4 is 5.32 Å². The van der Waals surface area contributed by atoms with Crippen LogP contribution in [-0.4, -0.2) is 22.4 Å². The van der Waals surface area contributed by atoms with E-state index in [0.29, 0.717) is 11.5 Å². The Balaban J connectivity index is 1.49. The van der Waals surface area contributed by atoms with Crippen LogP contribution in [0.5, 0.6) is 0 Å². The standard InChI is InChI=1S/C22H17N3O2S/c1-28-19-10-6-5-9-18(19)21-24-25-22(27-21)23-20(26)17-13-11-16(12-14-17)15-7-3-2-4-8-15/h2-14H,1H3,(H,23,25,26). The van der Waals surface area contributed by atoms with Crippen LogP contribution in [0.2, 0.25) is 0 Å². The fourth-order valence-corrected chi connectivity index (χ4v) is 3.41. The van der Waals surface area contributed by atoms with E-state index in [1.807, 2.05) is 73.0 Å². The Hall–Kier alpha value is -3.38. The Kier molecular flexibility index (Phi) is 5.21. The van der Waals surface area contributed by atoms with Crippen LogP contribution in [0.25, 0.3) is 22.6 Å². The van der Waals surface area contributed by atoms with Gasteiger partial charge in [-0.25, -0.2) is 0 Å². The number of carbonyl (C=O) groups excluding carboxylic acids is 1. The topological polar surface area (TPSA) is 68.0 Å². The van der Waals surface area contributed by atoms with E-state index in [1.54, 1.807) is 23.9 Å². The fourth-order valence-electron chi connectivity index (χ4n) is 2.82. The second-order valence-electron chi connectivity index (χ2n) is 6.01. The van der Waals surface area contributed by atoms with Crippen LogP contribution in [0.3, 0.4) is 0 Å². The minimum absolute atomic E-state index is 0.0723. The molecule has 0 atom stereocenters. The summed E-state index contributed by atoms with van der Waals surface area (Å²) in [5.41, 5.74) is 3.51. The van der Waals surface area contributed by atoms with Gasteiger partial charge in [0.2, 0.25) is 0 Å².